The fourth-order valence-corrected chi connectivity index (χ4v) is 3.00. The molecule has 1 aromatic rings. The van der Waals surface area contributed by atoms with Gasteiger partial charge in [0.2, 0.25) is 0 Å². The average molecular weight is 224 g/mol. The molecule has 0 bridgehead atoms. The molecule has 82 valence electrons. The molecule has 0 spiro atoms. The van der Waals surface area contributed by atoms with Crippen molar-refractivity contribution in [2.45, 2.75) is 31.4 Å². The summed E-state index contributed by atoms with van der Waals surface area (Å²) in [4.78, 5) is 8.89. The predicted molar refractivity (Wildman–Crippen MR) is 63.6 cm³/mol. The van der Waals surface area contributed by atoms with Gasteiger partial charge in [-0.25, -0.2) is 15.8 Å². The molecule has 1 unspecified atom stereocenters. The molecule has 2 heterocycles. The number of nitrogens with one attached hydrogen (secondary N) is 1. The molecular formula is C10H16N4S. The summed E-state index contributed by atoms with van der Waals surface area (Å²) < 4.78 is 0. The van der Waals surface area contributed by atoms with Gasteiger partial charge in [-0.05, 0) is 25.5 Å². The van der Waals surface area contributed by atoms with E-state index in [9.17, 15) is 0 Å². The minimum atomic E-state index is 0.450. The summed E-state index contributed by atoms with van der Waals surface area (Å²) in [6.07, 6.45) is 3.77. The summed E-state index contributed by atoms with van der Waals surface area (Å²) in [5, 5.41) is 0.450. The average Bonchev–Trinajstić information content (AvgIpc) is 2.29. The van der Waals surface area contributed by atoms with Crippen LogP contribution in [0.2, 0.25) is 0 Å². The number of hydrogen-bond donors (Lipinski definition) is 2. The number of nitrogen functional groups attached to an aromatic ring is 1. The van der Waals surface area contributed by atoms with Crippen LogP contribution in [0.5, 0.6) is 0 Å². The predicted octanol–water partition coefficient (Wildman–Crippen LogP) is 2.03. The minimum Gasteiger partial charge on any atom is -0.308 e. The van der Waals surface area contributed by atoms with E-state index in [4.69, 9.17) is 5.84 Å². The van der Waals surface area contributed by atoms with Gasteiger partial charge < -0.3 is 5.43 Å². The van der Waals surface area contributed by atoms with Crippen LogP contribution in [-0.4, -0.2) is 15.7 Å². The summed E-state index contributed by atoms with van der Waals surface area (Å²) in [6, 6.07) is 1.86. The van der Waals surface area contributed by atoms with Gasteiger partial charge in [-0.15, -0.1) is 0 Å². The lowest BCUT2D eigenvalue weighted by Gasteiger charge is -2.20. The van der Waals surface area contributed by atoms with Crippen LogP contribution in [0.3, 0.4) is 0 Å². The molecule has 15 heavy (non-hydrogen) atoms. The van der Waals surface area contributed by atoms with Crippen LogP contribution >= 0.6 is 11.8 Å². The van der Waals surface area contributed by atoms with E-state index in [0.717, 1.165) is 11.5 Å². The largest absolute Gasteiger partial charge is 0.308 e. The maximum atomic E-state index is 5.37. The molecule has 0 radical (unpaired) electrons. The quantitative estimate of drug-likeness (QED) is 0.594. The summed E-state index contributed by atoms with van der Waals surface area (Å²) in [5.74, 6) is 8.22. The fraction of sp³-hybridized carbons (Fsp3) is 0.600. The van der Waals surface area contributed by atoms with E-state index >= 15 is 0 Å². The topological polar surface area (TPSA) is 63.8 Å². The zero-order chi connectivity index (χ0) is 10.7. The normalized spacial score (nSPS) is 21.3. The molecule has 4 nitrogen and oxygen atoms in total. The van der Waals surface area contributed by atoms with Crippen molar-refractivity contribution in [2.75, 3.05) is 11.2 Å². The van der Waals surface area contributed by atoms with Crippen LogP contribution in [0.1, 0.15) is 36.0 Å². The van der Waals surface area contributed by atoms with Gasteiger partial charge in [0.1, 0.15) is 11.6 Å². The maximum absolute atomic E-state index is 5.37. The van der Waals surface area contributed by atoms with E-state index < -0.39 is 0 Å². The number of hydrogen-bond acceptors (Lipinski definition) is 5. The van der Waals surface area contributed by atoms with Crippen LogP contribution < -0.4 is 11.3 Å². The molecule has 1 aromatic heterocycles. The second-order valence-electron chi connectivity index (χ2n) is 3.75. The van der Waals surface area contributed by atoms with E-state index in [1.165, 1.54) is 25.0 Å². The Morgan fingerprint density at radius 3 is 3.00 bits per heavy atom. The smallest absolute Gasteiger partial charge is 0.143 e. The Hall–Kier alpha value is -0.810. The molecule has 1 atom stereocenters. The van der Waals surface area contributed by atoms with Crippen molar-refractivity contribution < 1.29 is 0 Å². The molecule has 1 saturated heterocycles. The van der Waals surface area contributed by atoms with Crippen LogP contribution in [0.15, 0.2) is 6.07 Å². The van der Waals surface area contributed by atoms with Crippen molar-refractivity contribution in [1.29, 1.82) is 0 Å². The highest BCUT2D eigenvalue weighted by atomic mass is 32.2. The van der Waals surface area contributed by atoms with Gasteiger partial charge in [-0.3, -0.25) is 0 Å². The molecule has 0 aliphatic carbocycles. The van der Waals surface area contributed by atoms with Crippen molar-refractivity contribution >= 4 is 17.6 Å². The Morgan fingerprint density at radius 1 is 1.47 bits per heavy atom. The van der Waals surface area contributed by atoms with E-state index in [1.54, 1.807) is 0 Å². The molecule has 1 aliphatic heterocycles. The molecule has 3 N–H and O–H groups in total. The number of hydrazine groups is 1. The van der Waals surface area contributed by atoms with E-state index in [0.29, 0.717) is 11.1 Å². The number of anilines is 1. The number of aromatic nitrogens is 2. The number of aryl methyl sites for hydroxylation is 1. The van der Waals surface area contributed by atoms with E-state index in [1.807, 2.05) is 24.8 Å². The Kier molecular flexibility index (Phi) is 3.43. The first-order valence-electron chi connectivity index (χ1n) is 5.23. The monoisotopic (exact) mass is 224 g/mol. The van der Waals surface area contributed by atoms with Gasteiger partial charge in [0.25, 0.3) is 0 Å². The SMILES string of the molecule is Cc1cc(NN)nc(C2CCCCS2)n1. The second kappa shape index (κ2) is 4.81. The van der Waals surface area contributed by atoms with E-state index in [2.05, 4.69) is 15.4 Å². The number of thioether (sulfide) groups is 1. The lowest BCUT2D eigenvalue weighted by Crippen LogP contribution is -2.13. The molecule has 1 aliphatic rings. The Labute approximate surface area is 94.0 Å². The molecule has 0 saturated carbocycles. The van der Waals surface area contributed by atoms with Crippen LogP contribution in [0.25, 0.3) is 0 Å². The molecule has 0 aromatic carbocycles. The van der Waals surface area contributed by atoms with Crippen molar-refractivity contribution in [1.82, 2.24) is 9.97 Å². The van der Waals surface area contributed by atoms with Crippen LogP contribution in [-0.2, 0) is 0 Å². The first kappa shape index (κ1) is 10.7. The standard InChI is InChI=1S/C10H16N4S/c1-7-6-9(14-11)13-10(12-7)8-4-2-3-5-15-8/h6,8H,2-5,11H2,1H3,(H,12,13,14). The van der Waals surface area contributed by atoms with Crippen LogP contribution in [0.4, 0.5) is 5.82 Å². The summed E-state index contributed by atoms with van der Waals surface area (Å²) in [7, 11) is 0. The zero-order valence-electron chi connectivity index (χ0n) is 8.86. The van der Waals surface area contributed by atoms with Crippen molar-refractivity contribution in [3.8, 4) is 0 Å². The Balaban J connectivity index is 2.22. The summed E-state index contributed by atoms with van der Waals surface area (Å²) in [5.41, 5.74) is 3.56. The first-order valence-corrected chi connectivity index (χ1v) is 6.28. The van der Waals surface area contributed by atoms with Gasteiger partial charge in [0, 0.05) is 11.8 Å². The van der Waals surface area contributed by atoms with Crippen molar-refractivity contribution in [3.63, 3.8) is 0 Å². The Morgan fingerprint density at radius 2 is 2.33 bits per heavy atom. The molecule has 2 rings (SSSR count). The highest BCUT2D eigenvalue weighted by Gasteiger charge is 2.19. The third-order valence-corrected chi connectivity index (χ3v) is 3.86. The zero-order valence-corrected chi connectivity index (χ0v) is 9.68. The van der Waals surface area contributed by atoms with Crippen molar-refractivity contribution in [2.24, 2.45) is 5.84 Å². The molecular weight excluding hydrogens is 208 g/mol. The second-order valence-corrected chi connectivity index (χ2v) is 5.06. The minimum absolute atomic E-state index is 0.450. The third-order valence-electron chi connectivity index (χ3n) is 2.49. The molecule has 5 heteroatoms. The van der Waals surface area contributed by atoms with Crippen molar-refractivity contribution in [3.05, 3.63) is 17.6 Å². The first-order chi connectivity index (χ1) is 7.29. The lowest BCUT2D eigenvalue weighted by molar-refractivity contribution is 0.660. The van der Waals surface area contributed by atoms with Gasteiger partial charge in [-0.1, -0.05) is 6.42 Å². The number of nitrogens with two attached hydrogens (primary N) is 1. The van der Waals surface area contributed by atoms with E-state index in [-0.39, 0.29) is 0 Å². The van der Waals surface area contributed by atoms with Crippen LogP contribution in [0, 0.1) is 6.92 Å². The van der Waals surface area contributed by atoms with Gasteiger partial charge in [0.05, 0.1) is 5.25 Å². The summed E-state index contributed by atoms with van der Waals surface area (Å²) >= 11 is 1.95. The molecule has 1 fully saturated rings. The maximum Gasteiger partial charge on any atom is 0.143 e. The number of nitrogens with zero attached hydrogens (tertiary/aromatic N) is 2. The van der Waals surface area contributed by atoms with Gasteiger partial charge >= 0.3 is 0 Å². The highest BCUT2D eigenvalue weighted by Crippen LogP contribution is 2.36. The molecule has 0 amide bonds. The fourth-order valence-electron chi connectivity index (χ4n) is 1.75. The van der Waals surface area contributed by atoms with Gasteiger partial charge in [0.15, 0.2) is 0 Å². The number of rotatable bonds is 2. The lowest BCUT2D eigenvalue weighted by atomic mass is 10.2. The highest BCUT2D eigenvalue weighted by molar-refractivity contribution is 7.99. The Bertz CT molecular complexity index is 336. The third kappa shape index (κ3) is 2.60. The van der Waals surface area contributed by atoms with Gasteiger partial charge in [-0.2, -0.15) is 11.8 Å². The summed E-state index contributed by atoms with van der Waals surface area (Å²) in [6.45, 7) is 1.97.